The molecule has 1 aliphatic heterocycles. The summed E-state index contributed by atoms with van der Waals surface area (Å²) in [7, 11) is 0. The second-order valence-electron chi connectivity index (χ2n) is 7.10. The average molecular weight is 383 g/mol. The van der Waals surface area contributed by atoms with Gasteiger partial charge < -0.3 is 9.64 Å². The van der Waals surface area contributed by atoms with E-state index in [2.05, 4.69) is 9.74 Å². The van der Waals surface area contributed by atoms with Crippen molar-refractivity contribution in [2.75, 3.05) is 18.0 Å². The minimum absolute atomic E-state index is 0.0149. The zero-order valence-corrected chi connectivity index (χ0v) is 16.4. The van der Waals surface area contributed by atoms with Crippen LogP contribution in [0, 0.1) is 12.5 Å². The number of piperidine rings is 1. The fourth-order valence-electron chi connectivity index (χ4n) is 3.25. The third kappa shape index (κ3) is 4.61. The Morgan fingerprint density at radius 3 is 2.41 bits per heavy atom. The second kappa shape index (κ2) is 8.45. The molecule has 0 aromatic heterocycles. The fourth-order valence-corrected chi connectivity index (χ4v) is 3.46. The number of Topliss-reactive ketones (excluding diaryl/α,β-unsaturated/α-hetero) is 1. The minimum atomic E-state index is 0.0149. The van der Waals surface area contributed by atoms with Crippen molar-refractivity contribution in [3.8, 4) is 5.75 Å². The molecule has 3 rings (SSSR count). The molecule has 0 amide bonds. The Morgan fingerprint density at radius 1 is 1.19 bits per heavy atom. The number of benzene rings is 2. The normalized spacial score (nSPS) is 14.9. The van der Waals surface area contributed by atoms with Gasteiger partial charge in [-0.25, -0.2) is 4.85 Å². The maximum Gasteiger partial charge on any atom is 0.205 e. The lowest BCUT2D eigenvalue weighted by atomic mass is 10.0. The number of anilines is 1. The highest BCUT2D eigenvalue weighted by Crippen LogP contribution is 2.31. The molecule has 0 N–H and O–H groups in total. The summed E-state index contributed by atoms with van der Waals surface area (Å²) in [5.41, 5.74) is 2.35. The van der Waals surface area contributed by atoms with Crippen molar-refractivity contribution in [3.05, 3.63) is 64.5 Å². The molecule has 27 heavy (non-hydrogen) atoms. The number of rotatable bonds is 5. The summed E-state index contributed by atoms with van der Waals surface area (Å²) < 4.78 is 6.04. The van der Waals surface area contributed by atoms with Crippen LogP contribution in [0.2, 0.25) is 5.02 Å². The number of halogens is 1. The Hall–Kier alpha value is -2.51. The van der Waals surface area contributed by atoms with Crippen molar-refractivity contribution in [2.24, 2.45) is 5.92 Å². The lowest BCUT2D eigenvalue weighted by Crippen LogP contribution is -2.38. The van der Waals surface area contributed by atoms with Crippen LogP contribution in [-0.4, -0.2) is 25.0 Å². The summed E-state index contributed by atoms with van der Waals surface area (Å²) in [6.45, 7) is 12.7. The summed E-state index contributed by atoms with van der Waals surface area (Å²) >= 11 is 6.08. The van der Waals surface area contributed by atoms with Crippen LogP contribution in [0.25, 0.3) is 4.85 Å². The molecule has 4 nitrogen and oxygen atoms in total. The summed E-state index contributed by atoms with van der Waals surface area (Å²) in [5, 5.41) is 0.427. The van der Waals surface area contributed by atoms with Gasteiger partial charge >= 0.3 is 0 Å². The first-order valence-corrected chi connectivity index (χ1v) is 9.58. The van der Waals surface area contributed by atoms with Crippen LogP contribution >= 0.6 is 11.6 Å². The SMILES string of the molecule is [C-]#[N+]c1ccc(OC2CCN(c3ccc(C(=O)C(C)C)cc3)CC2)cc1Cl. The second-order valence-corrected chi connectivity index (χ2v) is 7.50. The monoisotopic (exact) mass is 382 g/mol. The number of ether oxygens (including phenoxy) is 1. The van der Waals surface area contributed by atoms with Gasteiger partial charge in [-0.1, -0.05) is 31.5 Å². The summed E-state index contributed by atoms with van der Waals surface area (Å²) in [6.07, 6.45) is 1.96. The standard InChI is InChI=1S/C22H23ClN2O2/c1-15(2)22(26)16-4-6-17(7-5-16)25-12-10-18(11-13-25)27-19-8-9-21(24-3)20(23)14-19/h4-9,14-15,18H,10-13H2,1-2H3. The van der Waals surface area contributed by atoms with Crippen LogP contribution in [-0.2, 0) is 0 Å². The maximum atomic E-state index is 12.1. The number of ketones is 1. The van der Waals surface area contributed by atoms with Gasteiger partial charge in [0.15, 0.2) is 5.78 Å². The molecule has 1 aliphatic rings. The number of hydrogen-bond acceptors (Lipinski definition) is 3. The molecule has 0 unspecified atom stereocenters. The molecule has 0 radical (unpaired) electrons. The highest BCUT2D eigenvalue weighted by Gasteiger charge is 2.21. The van der Waals surface area contributed by atoms with Gasteiger partial charge in [-0.15, -0.1) is 0 Å². The van der Waals surface area contributed by atoms with E-state index in [1.54, 1.807) is 18.2 Å². The van der Waals surface area contributed by atoms with Crippen molar-refractivity contribution < 1.29 is 9.53 Å². The Morgan fingerprint density at radius 2 is 1.85 bits per heavy atom. The Kier molecular flexibility index (Phi) is 6.03. The van der Waals surface area contributed by atoms with Gasteiger partial charge in [-0.3, -0.25) is 4.79 Å². The van der Waals surface area contributed by atoms with Crippen molar-refractivity contribution >= 4 is 28.8 Å². The Balaban J connectivity index is 1.56. The van der Waals surface area contributed by atoms with Crippen molar-refractivity contribution in [3.63, 3.8) is 0 Å². The number of nitrogens with zero attached hydrogens (tertiary/aromatic N) is 2. The van der Waals surface area contributed by atoms with Crippen LogP contribution in [0.3, 0.4) is 0 Å². The molecule has 140 valence electrons. The highest BCUT2D eigenvalue weighted by atomic mass is 35.5. The lowest BCUT2D eigenvalue weighted by molar-refractivity contribution is 0.0939. The molecule has 0 spiro atoms. The van der Waals surface area contributed by atoms with E-state index in [1.165, 1.54) is 0 Å². The van der Waals surface area contributed by atoms with Gasteiger partial charge in [0, 0.05) is 43.1 Å². The molecule has 5 heteroatoms. The molecule has 0 saturated carbocycles. The molecule has 1 fully saturated rings. The van der Waals surface area contributed by atoms with E-state index in [-0.39, 0.29) is 17.8 Å². The molecular formula is C22H23ClN2O2. The zero-order valence-electron chi connectivity index (χ0n) is 15.6. The van der Waals surface area contributed by atoms with Crippen LogP contribution in [0.4, 0.5) is 11.4 Å². The van der Waals surface area contributed by atoms with E-state index in [0.29, 0.717) is 16.5 Å². The van der Waals surface area contributed by atoms with Crippen molar-refractivity contribution in [2.45, 2.75) is 32.8 Å². The molecule has 2 aromatic rings. The van der Waals surface area contributed by atoms with E-state index in [4.69, 9.17) is 22.9 Å². The fraction of sp³-hybridized carbons (Fsp3) is 0.364. The largest absolute Gasteiger partial charge is 0.490 e. The molecule has 2 aromatic carbocycles. The van der Waals surface area contributed by atoms with Gasteiger partial charge in [-0.05, 0) is 36.4 Å². The third-order valence-corrected chi connectivity index (χ3v) is 5.13. The first-order chi connectivity index (χ1) is 13.0. The summed E-state index contributed by atoms with van der Waals surface area (Å²) in [6, 6.07) is 13.1. The smallest absolute Gasteiger partial charge is 0.205 e. The molecule has 0 atom stereocenters. The predicted molar refractivity (Wildman–Crippen MR) is 109 cm³/mol. The van der Waals surface area contributed by atoms with Crippen molar-refractivity contribution in [1.29, 1.82) is 0 Å². The third-order valence-electron chi connectivity index (χ3n) is 4.83. The van der Waals surface area contributed by atoms with Crippen LogP contribution in [0.15, 0.2) is 42.5 Å². The van der Waals surface area contributed by atoms with Gasteiger partial charge in [0.2, 0.25) is 5.69 Å². The number of carbonyl (C=O) groups excluding carboxylic acids is 1. The molecular weight excluding hydrogens is 360 g/mol. The topological polar surface area (TPSA) is 33.9 Å². The molecule has 1 heterocycles. The Bertz CT molecular complexity index is 848. The van der Waals surface area contributed by atoms with Crippen LogP contribution < -0.4 is 9.64 Å². The van der Waals surface area contributed by atoms with E-state index in [1.807, 2.05) is 38.1 Å². The predicted octanol–water partition coefficient (Wildman–Crippen LogP) is 5.78. The minimum Gasteiger partial charge on any atom is -0.490 e. The van der Waals surface area contributed by atoms with Crippen LogP contribution in [0.1, 0.15) is 37.0 Å². The molecule has 0 bridgehead atoms. The first-order valence-electron chi connectivity index (χ1n) is 9.21. The van der Waals surface area contributed by atoms with Gasteiger partial charge in [0.05, 0.1) is 11.6 Å². The number of carbonyl (C=O) groups is 1. The Labute approximate surface area is 165 Å². The molecule has 0 aliphatic carbocycles. The zero-order chi connectivity index (χ0) is 19.4. The van der Waals surface area contributed by atoms with Crippen molar-refractivity contribution in [1.82, 2.24) is 0 Å². The van der Waals surface area contributed by atoms with Gasteiger partial charge in [-0.2, -0.15) is 0 Å². The average Bonchev–Trinajstić information content (AvgIpc) is 2.68. The lowest BCUT2D eigenvalue weighted by Gasteiger charge is -2.33. The van der Waals surface area contributed by atoms with E-state index in [9.17, 15) is 4.79 Å². The summed E-state index contributed by atoms with van der Waals surface area (Å²) in [4.78, 5) is 17.7. The maximum absolute atomic E-state index is 12.1. The first kappa shape index (κ1) is 19.3. The number of hydrogen-bond donors (Lipinski definition) is 0. The van der Waals surface area contributed by atoms with E-state index in [0.717, 1.165) is 37.2 Å². The van der Waals surface area contributed by atoms with Gasteiger partial charge in [0.25, 0.3) is 0 Å². The quantitative estimate of drug-likeness (QED) is 0.485. The molecule has 1 saturated heterocycles. The summed E-state index contributed by atoms with van der Waals surface area (Å²) in [5.74, 6) is 0.903. The van der Waals surface area contributed by atoms with E-state index < -0.39 is 0 Å². The highest BCUT2D eigenvalue weighted by molar-refractivity contribution is 6.33. The van der Waals surface area contributed by atoms with E-state index >= 15 is 0 Å². The van der Waals surface area contributed by atoms with Gasteiger partial charge in [0.1, 0.15) is 11.9 Å². The van der Waals surface area contributed by atoms with Crippen LogP contribution in [0.5, 0.6) is 5.75 Å².